The second kappa shape index (κ2) is 4.35. The van der Waals surface area contributed by atoms with Crippen LogP contribution in [0.15, 0.2) is 5.38 Å². The van der Waals surface area contributed by atoms with Crippen LogP contribution in [0.2, 0.25) is 0 Å². The van der Waals surface area contributed by atoms with Crippen LogP contribution in [0.3, 0.4) is 0 Å². The maximum atomic E-state index is 11.2. The lowest BCUT2D eigenvalue weighted by Crippen LogP contribution is -2.11. The van der Waals surface area contributed by atoms with Crippen LogP contribution in [0.25, 0.3) is 0 Å². The van der Waals surface area contributed by atoms with Gasteiger partial charge in [0.2, 0.25) is 0 Å². The molecule has 0 aliphatic rings. The number of hydrogen-bond donors (Lipinski definition) is 0. The van der Waals surface area contributed by atoms with E-state index in [2.05, 4.69) is 4.98 Å². The van der Waals surface area contributed by atoms with Crippen molar-refractivity contribution in [2.45, 2.75) is 12.8 Å². The lowest BCUT2D eigenvalue weighted by molar-refractivity contribution is -0.117. The van der Waals surface area contributed by atoms with Crippen LogP contribution in [0.1, 0.15) is 16.6 Å². The molecule has 1 atom stereocenters. The minimum atomic E-state index is -0.795. The number of halogens is 1. The minimum Gasteiger partial charge on any atom is -0.296 e. The zero-order valence-electron chi connectivity index (χ0n) is 6.95. The second-order valence-corrected chi connectivity index (χ2v) is 3.65. The number of aryl methyl sites for hydroxylation is 1. The fraction of sp³-hybridized carbons (Fsp3) is 0.375. The molecule has 0 aromatic carbocycles. The molecule has 0 aliphatic heterocycles. The molecule has 0 aliphatic carbocycles. The van der Waals surface area contributed by atoms with E-state index in [0.717, 1.165) is 5.69 Å². The molecule has 3 nitrogen and oxygen atoms in total. The van der Waals surface area contributed by atoms with E-state index < -0.39 is 5.92 Å². The topological polar surface area (TPSA) is 53.8 Å². The van der Waals surface area contributed by atoms with Crippen molar-refractivity contribution in [1.29, 1.82) is 5.26 Å². The van der Waals surface area contributed by atoms with Crippen LogP contribution in [0.5, 0.6) is 0 Å². The van der Waals surface area contributed by atoms with Crippen molar-refractivity contribution < 1.29 is 4.79 Å². The Morgan fingerprint density at radius 1 is 1.92 bits per heavy atom. The molecule has 0 spiro atoms. The fourth-order valence-corrected chi connectivity index (χ4v) is 1.86. The predicted molar refractivity (Wildman–Crippen MR) is 50.9 cm³/mol. The number of carbonyl (C=O) groups excluding carboxylic acids is 1. The number of carbonyl (C=O) groups is 1. The van der Waals surface area contributed by atoms with Gasteiger partial charge in [-0.2, -0.15) is 5.26 Å². The summed E-state index contributed by atoms with van der Waals surface area (Å²) in [7, 11) is 0. The third kappa shape index (κ3) is 2.27. The van der Waals surface area contributed by atoms with Gasteiger partial charge in [-0.25, -0.2) is 4.98 Å². The largest absolute Gasteiger partial charge is 0.296 e. The monoisotopic (exact) mass is 214 g/mol. The summed E-state index contributed by atoms with van der Waals surface area (Å²) in [5.41, 5.74) is 0.822. The molecule has 13 heavy (non-hydrogen) atoms. The highest BCUT2D eigenvalue weighted by Crippen LogP contribution is 2.20. The third-order valence-electron chi connectivity index (χ3n) is 1.47. The molecule has 0 amide bonds. The summed E-state index contributed by atoms with van der Waals surface area (Å²) < 4.78 is 0. The Hall–Kier alpha value is -0.920. The first kappa shape index (κ1) is 10.2. The molecule has 0 radical (unpaired) electrons. The molecule has 5 heteroatoms. The number of thiazole rings is 1. The molecule has 1 unspecified atom stereocenters. The first-order valence-corrected chi connectivity index (χ1v) is 5.00. The van der Waals surface area contributed by atoms with Crippen LogP contribution >= 0.6 is 22.9 Å². The van der Waals surface area contributed by atoms with Crippen molar-refractivity contribution in [2.24, 2.45) is 0 Å². The Kier molecular flexibility index (Phi) is 3.40. The van der Waals surface area contributed by atoms with Gasteiger partial charge in [-0.15, -0.1) is 22.9 Å². The summed E-state index contributed by atoms with van der Waals surface area (Å²) in [6.07, 6.45) is 0. The number of hydrogen-bond acceptors (Lipinski definition) is 4. The maximum absolute atomic E-state index is 11.2. The summed E-state index contributed by atoms with van der Waals surface area (Å²) in [5.74, 6) is -1.23. The smallest absolute Gasteiger partial charge is 0.171 e. The van der Waals surface area contributed by atoms with Gasteiger partial charge in [-0.3, -0.25) is 4.79 Å². The van der Waals surface area contributed by atoms with Crippen molar-refractivity contribution in [3.8, 4) is 6.07 Å². The molecule has 1 aromatic heterocycles. The van der Waals surface area contributed by atoms with Gasteiger partial charge in [-0.05, 0) is 6.92 Å². The van der Waals surface area contributed by atoms with Gasteiger partial charge in [0.25, 0.3) is 0 Å². The molecule has 1 rings (SSSR count). The molecular formula is C8H7ClN2OS. The van der Waals surface area contributed by atoms with Gasteiger partial charge in [-0.1, -0.05) is 0 Å². The van der Waals surface area contributed by atoms with E-state index in [0.29, 0.717) is 5.01 Å². The number of rotatable bonds is 3. The number of aromatic nitrogens is 1. The molecule has 0 bridgehead atoms. The van der Waals surface area contributed by atoms with Crippen LogP contribution in [0.4, 0.5) is 0 Å². The Morgan fingerprint density at radius 3 is 3.00 bits per heavy atom. The highest BCUT2D eigenvalue weighted by atomic mass is 35.5. The normalized spacial score (nSPS) is 12.1. The van der Waals surface area contributed by atoms with Gasteiger partial charge < -0.3 is 0 Å². The van der Waals surface area contributed by atoms with Crippen molar-refractivity contribution in [3.05, 3.63) is 16.1 Å². The van der Waals surface area contributed by atoms with Gasteiger partial charge >= 0.3 is 0 Å². The SMILES string of the molecule is Cc1csc(C(C#N)C(=O)CCl)n1. The molecule has 1 heterocycles. The van der Waals surface area contributed by atoms with E-state index in [1.807, 2.05) is 13.0 Å². The van der Waals surface area contributed by atoms with Crippen molar-refractivity contribution in [2.75, 3.05) is 5.88 Å². The molecule has 0 fully saturated rings. The first-order valence-electron chi connectivity index (χ1n) is 3.59. The summed E-state index contributed by atoms with van der Waals surface area (Å²) in [6, 6.07) is 1.90. The Bertz CT molecular complexity index is 355. The number of nitrogens with zero attached hydrogens (tertiary/aromatic N) is 2. The quantitative estimate of drug-likeness (QED) is 0.722. The lowest BCUT2D eigenvalue weighted by atomic mass is 10.1. The zero-order chi connectivity index (χ0) is 9.84. The molecule has 1 aromatic rings. The van der Waals surface area contributed by atoms with Crippen LogP contribution in [-0.4, -0.2) is 16.6 Å². The first-order chi connectivity index (χ1) is 6.19. The molecule has 0 saturated heterocycles. The van der Waals surface area contributed by atoms with E-state index in [4.69, 9.17) is 16.9 Å². The fourth-order valence-electron chi connectivity index (χ4n) is 0.847. The van der Waals surface area contributed by atoms with Crippen LogP contribution in [-0.2, 0) is 4.79 Å². The Morgan fingerprint density at radius 2 is 2.62 bits per heavy atom. The highest BCUT2D eigenvalue weighted by Gasteiger charge is 2.21. The average molecular weight is 215 g/mol. The summed E-state index contributed by atoms with van der Waals surface area (Å²) in [6.45, 7) is 1.82. The van der Waals surface area contributed by atoms with E-state index in [9.17, 15) is 4.79 Å². The number of Topliss-reactive ketones (excluding diaryl/α,β-unsaturated/α-hetero) is 1. The third-order valence-corrected chi connectivity index (χ3v) is 2.76. The average Bonchev–Trinajstić information content (AvgIpc) is 2.53. The number of alkyl halides is 1. The summed E-state index contributed by atoms with van der Waals surface area (Å²) in [5, 5.41) is 11.1. The Balaban J connectivity index is 2.92. The van der Waals surface area contributed by atoms with Crippen molar-refractivity contribution >= 4 is 28.7 Å². The Labute approximate surface area is 85.0 Å². The van der Waals surface area contributed by atoms with Gasteiger partial charge in [0.05, 0.1) is 11.9 Å². The van der Waals surface area contributed by atoms with Gasteiger partial charge in [0.1, 0.15) is 5.01 Å². The van der Waals surface area contributed by atoms with Crippen molar-refractivity contribution in [3.63, 3.8) is 0 Å². The van der Waals surface area contributed by atoms with Crippen LogP contribution in [0, 0.1) is 18.3 Å². The van der Waals surface area contributed by atoms with Gasteiger partial charge in [0.15, 0.2) is 11.7 Å². The molecule has 0 saturated carbocycles. The maximum Gasteiger partial charge on any atom is 0.171 e. The number of nitriles is 1. The summed E-state index contributed by atoms with van der Waals surface area (Å²) in [4.78, 5) is 15.2. The molecular weight excluding hydrogens is 208 g/mol. The summed E-state index contributed by atoms with van der Waals surface area (Å²) >= 11 is 6.67. The van der Waals surface area contributed by atoms with E-state index >= 15 is 0 Å². The molecule has 0 N–H and O–H groups in total. The number of ketones is 1. The van der Waals surface area contributed by atoms with E-state index in [1.54, 1.807) is 5.38 Å². The van der Waals surface area contributed by atoms with Crippen molar-refractivity contribution in [1.82, 2.24) is 4.98 Å². The standard InChI is InChI=1S/C8H7ClN2OS/c1-5-4-13-8(11-5)6(3-10)7(12)2-9/h4,6H,2H2,1H3. The second-order valence-electron chi connectivity index (χ2n) is 2.49. The minimum absolute atomic E-state index is 0.142. The molecule has 68 valence electrons. The van der Waals surface area contributed by atoms with E-state index in [-0.39, 0.29) is 11.7 Å². The zero-order valence-corrected chi connectivity index (χ0v) is 8.52. The predicted octanol–water partition coefficient (Wildman–Crippen LogP) is 1.87. The highest BCUT2D eigenvalue weighted by molar-refractivity contribution is 7.09. The van der Waals surface area contributed by atoms with E-state index in [1.165, 1.54) is 11.3 Å². The lowest BCUT2D eigenvalue weighted by Gasteiger charge is -1.99. The van der Waals surface area contributed by atoms with Crippen LogP contribution < -0.4 is 0 Å². The van der Waals surface area contributed by atoms with Gasteiger partial charge in [0, 0.05) is 11.1 Å².